The molecule has 1 heterocycles. The molecule has 0 atom stereocenters. The Hall–Kier alpha value is -5.86. The quantitative estimate of drug-likeness (QED) is 0.216. The van der Waals surface area contributed by atoms with Crippen molar-refractivity contribution < 1.29 is 4.42 Å². The summed E-state index contributed by atoms with van der Waals surface area (Å²) in [7, 11) is 0. The van der Waals surface area contributed by atoms with Gasteiger partial charge in [0.1, 0.15) is 11.2 Å². The van der Waals surface area contributed by atoms with E-state index < -0.39 is 0 Å². The smallest absolute Gasteiger partial charge is 0.143 e. The molecular formula is C45H35NO. The average molecular weight is 606 g/mol. The molecular weight excluding hydrogens is 571 g/mol. The van der Waals surface area contributed by atoms with Gasteiger partial charge in [-0.05, 0) is 69.3 Å². The van der Waals surface area contributed by atoms with Gasteiger partial charge in [-0.3, -0.25) is 0 Å². The highest BCUT2D eigenvalue weighted by molar-refractivity contribution is 6.11. The minimum atomic E-state index is 0.0269. The lowest BCUT2D eigenvalue weighted by Gasteiger charge is -2.21. The molecule has 1 N–H and O–H groups in total. The predicted octanol–water partition coefficient (Wildman–Crippen LogP) is 12.7. The maximum Gasteiger partial charge on any atom is 0.143 e. The molecule has 1 aliphatic rings. The van der Waals surface area contributed by atoms with Gasteiger partial charge in [0, 0.05) is 33.1 Å². The topological polar surface area (TPSA) is 25.2 Å². The summed E-state index contributed by atoms with van der Waals surface area (Å²) in [6, 6.07) is 59.4. The SMILES string of the molecule is CC1(C)c2ccccc2-c2c1ccc1c2oc2ccccc21.c1ccc(-c2ccc(Nc3ccc(-c4ccccc4)cc3)cc2)cc1. The number of furan rings is 1. The Morgan fingerprint density at radius 3 is 1.55 bits per heavy atom. The fourth-order valence-corrected chi connectivity index (χ4v) is 6.89. The summed E-state index contributed by atoms with van der Waals surface area (Å²) in [5.41, 5.74) is 14.5. The number of hydrogen-bond acceptors (Lipinski definition) is 2. The molecule has 0 aliphatic heterocycles. The van der Waals surface area contributed by atoms with Crippen molar-refractivity contribution >= 4 is 33.3 Å². The Labute approximate surface area is 276 Å². The van der Waals surface area contributed by atoms with E-state index in [4.69, 9.17) is 4.42 Å². The van der Waals surface area contributed by atoms with Crippen molar-refractivity contribution in [2.24, 2.45) is 0 Å². The third-order valence-electron chi connectivity index (χ3n) is 9.36. The van der Waals surface area contributed by atoms with E-state index >= 15 is 0 Å². The molecule has 2 heteroatoms. The average Bonchev–Trinajstić information content (AvgIpc) is 3.62. The van der Waals surface area contributed by atoms with Crippen LogP contribution in [0.1, 0.15) is 25.0 Å². The van der Waals surface area contributed by atoms with E-state index in [1.54, 1.807) is 0 Å². The van der Waals surface area contributed by atoms with Gasteiger partial charge in [0.2, 0.25) is 0 Å². The van der Waals surface area contributed by atoms with E-state index in [2.05, 4.69) is 165 Å². The molecule has 0 amide bonds. The molecule has 1 aliphatic carbocycles. The zero-order valence-electron chi connectivity index (χ0n) is 26.6. The number of nitrogens with one attached hydrogen (secondary N) is 1. The maximum absolute atomic E-state index is 6.25. The zero-order chi connectivity index (χ0) is 31.8. The summed E-state index contributed by atoms with van der Waals surface area (Å²) in [4.78, 5) is 0. The van der Waals surface area contributed by atoms with Crippen molar-refractivity contribution in [1.82, 2.24) is 0 Å². The molecule has 0 unspecified atom stereocenters. The number of fused-ring (bicyclic) bond motifs is 7. The number of rotatable bonds is 4. The Morgan fingerprint density at radius 2 is 0.936 bits per heavy atom. The van der Waals surface area contributed by atoms with Crippen LogP contribution in [0.25, 0.3) is 55.3 Å². The number of hydrogen-bond donors (Lipinski definition) is 1. The van der Waals surface area contributed by atoms with Gasteiger partial charge in [-0.15, -0.1) is 0 Å². The zero-order valence-corrected chi connectivity index (χ0v) is 26.6. The van der Waals surface area contributed by atoms with Crippen LogP contribution in [0.2, 0.25) is 0 Å². The molecule has 0 bridgehead atoms. The van der Waals surface area contributed by atoms with Crippen molar-refractivity contribution in [1.29, 1.82) is 0 Å². The first kappa shape index (κ1) is 28.6. The molecule has 7 aromatic carbocycles. The molecule has 0 radical (unpaired) electrons. The predicted molar refractivity (Wildman–Crippen MR) is 198 cm³/mol. The van der Waals surface area contributed by atoms with Gasteiger partial charge >= 0.3 is 0 Å². The fourth-order valence-electron chi connectivity index (χ4n) is 6.89. The van der Waals surface area contributed by atoms with Crippen LogP contribution in [-0.4, -0.2) is 0 Å². The van der Waals surface area contributed by atoms with E-state index in [9.17, 15) is 0 Å². The number of anilines is 2. The van der Waals surface area contributed by atoms with Crippen molar-refractivity contribution in [3.05, 3.63) is 181 Å². The van der Waals surface area contributed by atoms with Gasteiger partial charge in [0.25, 0.3) is 0 Å². The molecule has 226 valence electrons. The number of para-hydroxylation sites is 1. The van der Waals surface area contributed by atoms with Crippen LogP contribution in [0, 0.1) is 0 Å². The van der Waals surface area contributed by atoms with Crippen molar-refractivity contribution in [3.63, 3.8) is 0 Å². The highest BCUT2D eigenvalue weighted by Crippen LogP contribution is 2.52. The Bertz CT molecular complexity index is 2230. The molecule has 0 spiro atoms. The van der Waals surface area contributed by atoms with Crippen LogP contribution in [0.15, 0.2) is 174 Å². The van der Waals surface area contributed by atoms with Crippen molar-refractivity contribution in [2.45, 2.75) is 19.3 Å². The first-order valence-electron chi connectivity index (χ1n) is 16.2. The monoisotopic (exact) mass is 605 g/mol. The van der Waals surface area contributed by atoms with Gasteiger partial charge in [-0.2, -0.15) is 0 Å². The minimum Gasteiger partial charge on any atom is -0.455 e. The minimum absolute atomic E-state index is 0.0269. The van der Waals surface area contributed by atoms with E-state index in [0.717, 1.165) is 22.5 Å². The Morgan fingerprint density at radius 1 is 0.426 bits per heavy atom. The van der Waals surface area contributed by atoms with Gasteiger partial charge in [-0.1, -0.05) is 153 Å². The summed E-state index contributed by atoms with van der Waals surface area (Å²) in [5, 5.41) is 5.87. The van der Waals surface area contributed by atoms with Crippen LogP contribution >= 0.6 is 0 Å². The van der Waals surface area contributed by atoms with Crippen LogP contribution in [0.5, 0.6) is 0 Å². The molecule has 0 saturated carbocycles. The Kier molecular flexibility index (Phi) is 7.19. The van der Waals surface area contributed by atoms with Crippen LogP contribution in [0.3, 0.4) is 0 Å². The van der Waals surface area contributed by atoms with Gasteiger partial charge in [-0.25, -0.2) is 0 Å². The third-order valence-corrected chi connectivity index (χ3v) is 9.36. The van der Waals surface area contributed by atoms with Crippen molar-refractivity contribution in [3.8, 4) is 33.4 Å². The molecule has 0 fully saturated rings. The van der Waals surface area contributed by atoms with E-state index in [1.807, 2.05) is 24.3 Å². The van der Waals surface area contributed by atoms with Crippen LogP contribution in [-0.2, 0) is 5.41 Å². The highest BCUT2D eigenvalue weighted by Gasteiger charge is 2.37. The van der Waals surface area contributed by atoms with Crippen LogP contribution in [0.4, 0.5) is 11.4 Å². The fraction of sp³-hybridized carbons (Fsp3) is 0.0667. The van der Waals surface area contributed by atoms with Crippen molar-refractivity contribution in [2.75, 3.05) is 5.32 Å². The van der Waals surface area contributed by atoms with Gasteiger partial charge < -0.3 is 9.73 Å². The second kappa shape index (κ2) is 11.8. The van der Waals surface area contributed by atoms with Gasteiger partial charge in [0.05, 0.1) is 0 Å². The maximum atomic E-state index is 6.25. The molecule has 9 rings (SSSR count). The van der Waals surface area contributed by atoms with E-state index in [-0.39, 0.29) is 5.41 Å². The highest BCUT2D eigenvalue weighted by atomic mass is 16.3. The second-order valence-electron chi connectivity index (χ2n) is 12.6. The second-order valence-corrected chi connectivity index (χ2v) is 12.6. The summed E-state index contributed by atoms with van der Waals surface area (Å²) >= 11 is 0. The first-order chi connectivity index (χ1) is 23.1. The van der Waals surface area contributed by atoms with E-state index in [1.165, 1.54) is 55.3 Å². The Balaban J connectivity index is 0.000000139. The summed E-state index contributed by atoms with van der Waals surface area (Å²) in [6.45, 7) is 4.60. The molecule has 8 aromatic rings. The lowest BCUT2D eigenvalue weighted by atomic mass is 9.82. The summed E-state index contributed by atoms with van der Waals surface area (Å²) in [6.07, 6.45) is 0. The third kappa shape index (κ3) is 5.28. The van der Waals surface area contributed by atoms with Crippen LogP contribution < -0.4 is 5.32 Å². The summed E-state index contributed by atoms with van der Waals surface area (Å²) < 4.78 is 6.25. The molecule has 2 nitrogen and oxygen atoms in total. The van der Waals surface area contributed by atoms with E-state index in [0.29, 0.717) is 0 Å². The largest absolute Gasteiger partial charge is 0.455 e. The van der Waals surface area contributed by atoms with Gasteiger partial charge in [0.15, 0.2) is 0 Å². The molecule has 47 heavy (non-hydrogen) atoms. The molecule has 1 aromatic heterocycles. The summed E-state index contributed by atoms with van der Waals surface area (Å²) in [5.74, 6) is 0. The lowest BCUT2D eigenvalue weighted by Crippen LogP contribution is -2.14. The first-order valence-corrected chi connectivity index (χ1v) is 16.2. The molecule has 0 saturated heterocycles. The number of benzene rings is 7. The lowest BCUT2D eigenvalue weighted by molar-refractivity contribution is 0.653. The standard InChI is InChI=1S/C24H19N.C21H16O/c1-3-7-19(8-4-1)21-11-15-23(16-12-21)25-24-17-13-22(14-18-24)20-9-5-2-6-10-20;1-21(2)16-9-5-3-8-15(16)19-17(21)12-11-14-13-7-4-6-10-18(13)22-20(14)19/h1-18,25H;3-12H,1-2H3. The normalized spacial score (nSPS) is 12.6.